The molecule has 1 saturated heterocycles. The van der Waals surface area contributed by atoms with Crippen LogP contribution < -0.4 is 5.73 Å². The molecule has 1 fully saturated rings. The van der Waals surface area contributed by atoms with Gasteiger partial charge in [-0.2, -0.15) is 0 Å². The summed E-state index contributed by atoms with van der Waals surface area (Å²) in [7, 11) is 0. The Labute approximate surface area is 114 Å². The Kier molecular flexibility index (Phi) is 4.93. The molecule has 1 amide bonds. The molecule has 1 aromatic rings. The van der Waals surface area contributed by atoms with Crippen LogP contribution in [0.1, 0.15) is 24.9 Å². The number of nitrogens with two attached hydrogens (primary N) is 1. The molecule has 0 aliphatic carbocycles. The van der Waals surface area contributed by atoms with E-state index in [0.29, 0.717) is 12.5 Å². The van der Waals surface area contributed by atoms with Gasteiger partial charge in [0.15, 0.2) is 0 Å². The average molecular weight is 262 g/mol. The van der Waals surface area contributed by atoms with Crippen LogP contribution in [0.5, 0.6) is 0 Å². The number of likely N-dealkylation sites (N-methyl/N-ethyl adjacent to an activating group) is 1. The summed E-state index contributed by atoms with van der Waals surface area (Å²) in [5.74, 6) is 0.451. The van der Waals surface area contributed by atoms with Crippen molar-refractivity contribution in [2.24, 2.45) is 11.7 Å². The van der Waals surface area contributed by atoms with Crippen molar-refractivity contribution < 1.29 is 9.53 Å². The van der Waals surface area contributed by atoms with Gasteiger partial charge in [0.05, 0.1) is 6.61 Å². The van der Waals surface area contributed by atoms with Gasteiger partial charge in [-0.3, -0.25) is 4.79 Å². The van der Waals surface area contributed by atoms with Gasteiger partial charge in [-0.25, -0.2) is 0 Å². The Hall–Kier alpha value is -1.39. The van der Waals surface area contributed by atoms with Gasteiger partial charge < -0.3 is 15.4 Å². The lowest BCUT2D eigenvalue weighted by Gasteiger charge is -2.26. The predicted octanol–water partition coefficient (Wildman–Crippen LogP) is 1.57. The van der Waals surface area contributed by atoms with E-state index in [1.807, 2.05) is 42.2 Å². The fourth-order valence-electron chi connectivity index (χ4n) is 2.41. The zero-order valence-electron chi connectivity index (χ0n) is 11.4. The normalized spacial score (nSPS) is 20.2. The van der Waals surface area contributed by atoms with Gasteiger partial charge in [-0.05, 0) is 18.9 Å². The average Bonchev–Trinajstić information content (AvgIpc) is 2.97. The first-order valence-electron chi connectivity index (χ1n) is 6.89. The van der Waals surface area contributed by atoms with Crippen molar-refractivity contribution in [3.05, 3.63) is 35.9 Å². The van der Waals surface area contributed by atoms with Gasteiger partial charge in [-0.1, -0.05) is 30.3 Å². The number of hydrogen-bond donors (Lipinski definition) is 1. The number of benzene rings is 1. The molecular weight excluding hydrogens is 240 g/mol. The number of hydrogen-bond acceptors (Lipinski definition) is 3. The van der Waals surface area contributed by atoms with Crippen LogP contribution in [0.4, 0.5) is 0 Å². The molecule has 0 saturated carbocycles. The molecule has 1 aromatic carbocycles. The molecule has 0 spiro atoms. The summed E-state index contributed by atoms with van der Waals surface area (Å²) in [6, 6.07) is 8.97. The maximum absolute atomic E-state index is 12.4. The molecule has 2 N–H and O–H groups in total. The standard InChI is InChI=1S/C15H22N2O2/c1-2-17(10-12-8-9-19-11-12)15(18)14(16)13-6-4-3-5-7-13/h3-7,12,14H,2,8-11,16H2,1H3/t12?,14-/m0/s1. The van der Waals surface area contributed by atoms with E-state index in [0.717, 1.165) is 31.7 Å². The van der Waals surface area contributed by atoms with Crippen molar-refractivity contribution in [1.82, 2.24) is 4.90 Å². The summed E-state index contributed by atoms with van der Waals surface area (Å²) in [6.07, 6.45) is 1.03. The minimum absolute atomic E-state index is 0.000556. The van der Waals surface area contributed by atoms with E-state index < -0.39 is 6.04 Å². The largest absolute Gasteiger partial charge is 0.381 e. The van der Waals surface area contributed by atoms with E-state index in [9.17, 15) is 4.79 Å². The van der Waals surface area contributed by atoms with Gasteiger partial charge in [0.1, 0.15) is 6.04 Å². The Bertz CT molecular complexity index is 402. The van der Waals surface area contributed by atoms with E-state index in [4.69, 9.17) is 10.5 Å². The maximum atomic E-state index is 12.4. The van der Waals surface area contributed by atoms with Crippen molar-refractivity contribution in [2.45, 2.75) is 19.4 Å². The second kappa shape index (κ2) is 6.68. The first-order chi connectivity index (χ1) is 9.22. The fraction of sp³-hybridized carbons (Fsp3) is 0.533. The third-order valence-corrected chi connectivity index (χ3v) is 3.62. The summed E-state index contributed by atoms with van der Waals surface area (Å²) in [5.41, 5.74) is 6.94. The lowest BCUT2D eigenvalue weighted by Crippen LogP contribution is -2.41. The highest BCUT2D eigenvalue weighted by molar-refractivity contribution is 5.83. The molecule has 4 nitrogen and oxygen atoms in total. The molecule has 1 aliphatic rings. The molecule has 2 rings (SSSR count). The van der Waals surface area contributed by atoms with Gasteiger partial charge >= 0.3 is 0 Å². The Morgan fingerprint density at radius 1 is 1.47 bits per heavy atom. The summed E-state index contributed by atoms with van der Waals surface area (Å²) in [4.78, 5) is 14.3. The van der Waals surface area contributed by atoms with Crippen molar-refractivity contribution in [3.8, 4) is 0 Å². The molecule has 0 radical (unpaired) electrons. The molecule has 4 heteroatoms. The Morgan fingerprint density at radius 3 is 2.79 bits per heavy atom. The SMILES string of the molecule is CCN(CC1CCOC1)C(=O)[C@@H](N)c1ccccc1. The Morgan fingerprint density at radius 2 is 2.21 bits per heavy atom. The highest BCUT2D eigenvalue weighted by Crippen LogP contribution is 2.17. The second-order valence-corrected chi connectivity index (χ2v) is 4.99. The first-order valence-corrected chi connectivity index (χ1v) is 6.89. The van der Waals surface area contributed by atoms with E-state index in [-0.39, 0.29) is 5.91 Å². The topological polar surface area (TPSA) is 55.6 Å². The summed E-state index contributed by atoms with van der Waals surface area (Å²) in [5, 5.41) is 0. The molecule has 1 heterocycles. The van der Waals surface area contributed by atoms with E-state index in [2.05, 4.69) is 0 Å². The lowest BCUT2D eigenvalue weighted by atomic mass is 10.0. The van der Waals surface area contributed by atoms with Crippen LogP contribution in [0.25, 0.3) is 0 Å². The van der Waals surface area contributed by atoms with Gasteiger partial charge in [-0.15, -0.1) is 0 Å². The number of carbonyl (C=O) groups excluding carboxylic acids is 1. The van der Waals surface area contributed by atoms with Crippen molar-refractivity contribution >= 4 is 5.91 Å². The number of amides is 1. The summed E-state index contributed by atoms with van der Waals surface area (Å²) >= 11 is 0. The molecule has 1 aliphatic heterocycles. The number of ether oxygens (including phenoxy) is 1. The molecule has 0 aromatic heterocycles. The smallest absolute Gasteiger partial charge is 0.244 e. The number of rotatable bonds is 5. The van der Waals surface area contributed by atoms with Gasteiger partial charge in [0.2, 0.25) is 5.91 Å². The van der Waals surface area contributed by atoms with Crippen molar-refractivity contribution in [1.29, 1.82) is 0 Å². The van der Waals surface area contributed by atoms with E-state index in [1.54, 1.807) is 0 Å². The third-order valence-electron chi connectivity index (χ3n) is 3.62. The lowest BCUT2D eigenvalue weighted by molar-refractivity contribution is -0.133. The molecule has 2 atom stereocenters. The maximum Gasteiger partial charge on any atom is 0.244 e. The van der Waals surface area contributed by atoms with Gasteiger partial charge in [0, 0.05) is 25.6 Å². The quantitative estimate of drug-likeness (QED) is 0.876. The predicted molar refractivity (Wildman–Crippen MR) is 74.6 cm³/mol. The van der Waals surface area contributed by atoms with Crippen LogP contribution in [-0.4, -0.2) is 37.1 Å². The number of nitrogens with zero attached hydrogens (tertiary/aromatic N) is 1. The highest BCUT2D eigenvalue weighted by atomic mass is 16.5. The van der Waals surface area contributed by atoms with Crippen LogP contribution in [0.3, 0.4) is 0 Å². The summed E-state index contributed by atoms with van der Waals surface area (Å²) in [6.45, 7) is 4.99. The fourth-order valence-corrected chi connectivity index (χ4v) is 2.41. The highest BCUT2D eigenvalue weighted by Gasteiger charge is 2.25. The minimum atomic E-state index is -0.566. The Balaban J connectivity index is 1.99. The van der Waals surface area contributed by atoms with E-state index >= 15 is 0 Å². The summed E-state index contributed by atoms with van der Waals surface area (Å²) < 4.78 is 5.36. The van der Waals surface area contributed by atoms with Crippen LogP contribution in [0, 0.1) is 5.92 Å². The van der Waals surface area contributed by atoms with Crippen LogP contribution >= 0.6 is 0 Å². The van der Waals surface area contributed by atoms with Crippen LogP contribution in [0.15, 0.2) is 30.3 Å². The van der Waals surface area contributed by atoms with Crippen LogP contribution in [0.2, 0.25) is 0 Å². The van der Waals surface area contributed by atoms with Crippen molar-refractivity contribution in [2.75, 3.05) is 26.3 Å². The third kappa shape index (κ3) is 3.55. The molecule has 1 unspecified atom stereocenters. The van der Waals surface area contributed by atoms with E-state index in [1.165, 1.54) is 0 Å². The first kappa shape index (κ1) is 14.0. The monoisotopic (exact) mass is 262 g/mol. The van der Waals surface area contributed by atoms with Gasteiger partial charge in [0.25, 0.3) is 0 Å². The molecule has 0 bridgehead atoms. The zero-order valence-corrected chi connectivity index (χ0v) is 11.4. The number of carbonyl (C=O) groups is 1. The second-order valence-electron chi connectivity index (χ2n) is 4.99. The minimum Gasteiger partial charge on any atom is -0.381 e. The van der Waals surface area contributed by atoms with Crippen LogP contribution in [-0.2, 0) is 9.53 Å². The molecule has 19 heavy (non-hydrogen) atoms. The van der Waals surface area contributed by atoms with Crippen molar-refractivity contribution in [3.63, 3.8) is 0 Å². The molecule has 104 valence electrons. The zero-order chi connectivity index (χ0) is 13.7. The molecular formula is C15H22N2O2.